The number of nitrogens with one attached hydrogen (secondary N) is 2. The number of piperidine rings is 1. The number of hydrogen-bond acceptors (Lipinski definition) is 7. The molecule has 1 heterocycles. The normalized spacial score (nSPS) is 15.4. The largest absolute Gasteiger partial charge is 0.480 e. The van der Waals surface area contributed by atoms with E-state index in [1.165, 1.54) is 0 Å². The summed E-state index contributed by atoms with van der Waals surface area (Å²) in [4.78, 5) is 49.5. The quantitative estimate of drug-likeness (QED) is 0.298. The van der Waals surface area contributed by atoms with E-state index in [1.807, 2.05) is 0 Å². The van der Waals surface area contributed by atoms with Gasteiger partial charge in [-0.3, -0.25) is 20.3 Å². The average Bonchev–Trinajstić information content (AvgIpc) is 2.76. The second-order valence-corrected chi connectivity index (χ2v) is 9.33. The number of likely N-dealkylation sites (tertiary alicyclic amines) is 1. The van der Waals surface area contributed by atoms with Crippen LogP contribution in [-0.2, 0) is 19.1 Å². The number of carbonyl (C=O) groups excluding carboxylic acids is 3. The Morgan fingerprint density at radius 1 is 1.12 bits per heavy atom. The van der Waals surface area contributed by atoms with E-state index in [9.17, 15) is 19.2 Å². The molecule has 1 fully saturated rings. The number of benzene rings is 1. The van der Waals surface area contributed by atoms with Crippen LogP contribution in [0.5, 0.6) is 0 Å². The third kappa shape index (κ3) is 8.58. The van der Waals surface area contributed by atoms with Crippen LogP contribution < -0.4 is 5.32 Å². The van der Waals surface area contributed by atoms with Gasteiger partial charge in [-0.1, -0.05) is 31.2 Å². The van der Waals surface area contributed by atoms with Gasteiger partial charge in [-0.2, -0.15) is 0 Å². The summed E-state index contributed by atoms with van der Waals surface area (Å²) in [5.74, 6) is -2.01. The van der Waals surface area contributed by atoms with E-state index < -0.39 is 23.6 Å². The number of amidine groups is 1. The molecule has 1 aromatic carbocycles. The number of hydrogen-bond donors (Lipinski definition) is 3. The lowest BCUT2D eigenvalue weighted by atomic mass is 9.94. The Kier molecular flexibility index (Phi) is 9.31. The van der Waals surface area contributed by atoms with Gasteiger partial charge >= 0.3 is 12.1 Å². The van der Waals surface area contributed by atoms with Crippen LogP contribution in [-0.4, -0.2) is 71.0 Å². The Morgan fingerprint density at radius 3 is 2.21 bits per heavy atom. The maximum atomic E-state index is 12.8. The summed E-state index contributed by atoms with van der Waals surface area (Å²) in [5.41, 5.74) is 0.146. The number of carbonyl (C=O) groups is 4. The van der Waals surface area contributed by atoms with Crippen molar-refractivity contribution in [2.75, 3.05) is 19.7 Å². The first-order valence-corrected chi connectivity index (χ1v) is 11.2. The number of carboxylic acids is 1. The van der Waals surface area contributed by atoms with Crippen molar-refractivity contribution in [3.05, 3.63) is 35.4 Å². The van der Waals surface area contributed by atoms with Crippen LogP contribution >= 0.6 is 0 Å². The molecule has 1 saturated heterocycles. The Hall–Kier alpha value is -3.27. The van der Waals surface area contributed by atoms with E-state index in [4.69, 9.17) is 20.0 Å². The number of amides is 2. The maximum absolute atomic E-state index is 12.8. The van der Waals surface area contributed by atoms with Crippen LogP contribution in [0.25, 0.3) is 0 Å². The van der Waals surface area contributed by atoms with Gasteiger partial charge in [-0.05, 0) is 33.6 Å². The Bertz CT molecular complexity index is 913. The average molecular weight is 476 g/mol. The second kappa shape index (κ2) is 11.7. The SMILES string of the molecule is CC(CC(=O)N1CCC(OCC(=O)O)CC1)C(=O)c1ccc(C(=N)NC(=O)OC(C)(C)C)cc1. The molecule has 2 amide bonds. The van der Waals surface area contributed by atoms with E-state index >= 15 is 0 Å². The molecule has 10 nitrogen and oxygen atoms in total. The molecular weight excluding hydrogens is 442 g/mol. The van der Waals surface area contributed by atoms with Crippen LogP contribution in [0, 0.1) is 11.3 Å². The standard InChI is InChI=1S/C24H33N3O7/c1-15(13-19(28)27-11-9-18(10-12-27)33-14-20(29)30)21(31)16-5-7-17(8-6-16)22(25)26-23(32)34-24(2,3)4/h5-8,15,18H,9-14H2,1-4H3,(H,29,30)(H2,25,26,32). The monoisotopic (exact) mass is 475 g/mol. The zero-order valence-electron chi connectivity index (χ0n) is 20.1. The lowest BCUT2D eigenvalue weighted by molar-refractivity contribution is -0.147. The molecule has 10 heteroatoms. The van der Waals surface area contributed by atoms with Crippen molar-refractivity contribution >= 4 is 29.6 Å². The van der Waals surface area contributed by atoms with Crippen molar-refractivity contribution in [2.24, 2.45) is 5.92 Å². The minimum Gasteiger partial charge on any atom is -0.480 e. The van der Waals surface area contributed by atoms with E-state index in [0.29, 0.717) is 37.1 Å². The Morgan fingerprint density at radius 2 is 1.68 bits per heavy atom. The predicted octanol–water partition coefficient (Wildman–Crippen LogP) is 2.84. The van der Waals surface area contributed by atoms with Gasteiger partial charge in [0.1, 0.15) is 18.0 Å². The van der Waals surface area contributed by atoms with Gasteiger partial charge < -0.3 is 19.5 Å². The molecule has 0 aromatic heterocycles. The number of ketones is 1. The van der Waals surface area contributed by atoms with Crippen LogP contribution in [0.4, 0.5) is 4.79 Å². The van der Waals surface area contributed by atoms with Gasteiger partial charge in [0.05, 0.1) is 6.10 Å². The molecule has 1 unspecified atom stereocenters. The van der Waals surface area contributed by atoms with Crippen molar-refractivity contribution in [1.82, 2.24) is 10.2 Å². The summed E-state index contributed by atoms with van der Waals surface area (Å²) in [6.45, 7) is 7.45. The van der Waals surface area contributed by atoms with Gasteiger partial charge in [0.2, 0.25) is 5.91 Å². The molecule has 0 bridgehead atoms. The molecule has 0 aliphatic carbocycles. The first kappa shape index (κ1) is 27.0. The highest BCUT2D eigenvalue weighted by Crippen LogP contribution is 2.19. The number of Topliss-reactive ketones (excluding diaryl/α,β-unsaturated/α-hetero) is 1. The van der Waals surface area contributed by atoms with Gasteiger partial charge in [0.25, 0.3) is 0 Å². The minimum absolute atomic E-state index is 0.0667. The first-order valence-electron chi connectivity index (χ1n) is 11.2. The highest BCUT2D eigenvalue weighted by molar-refractivity contribution is 6.05. The number of nitrogens with zero attached hydrogens (tertiary/aromatic N) is 1. The van der Waals surface area contributed by atoms with E-state index in [0.717, 1.165) is 0 Å². The highest BCUT2D eigenvalue weighted by atomic mass is 16.6. The van der Waals surface area contributed by atoms with Crippen LogP contribution in [0.1, 0.15) is 62.9 Å². The lowest BCUT2D eigenvalue weighted by Crippen LogP contribution is -2.42. The predicted molar refractivity (Wildman–Crippen MR) is 124 cm³/mol. The maximum Gasteiger partial charge on any atom is 0.413 e. The zero-order chi connectivity index (χ0) is 25.5. The number of rotatable bonds is 8. The second-order valence-electron chi connectivity index (χ2n) is 9.33. The molecule has 1 aromatic rings. The molecule has 3 N–H and O–H groups in total. The smallest absolute Gasteiger partial charge is 0.413 e. The molecular formula is C24H33N3O7. The van der Waals surface area contributed by atoms with Crippen LogP contribution in [0.3, 0.4) is 0 Å². The van der Waals surface area contributed by atoms with Crippen molar-refractivity contribution in [1.29, 1.82) is 5.41 Å². The highest BCUT2D eigenvalue weighted by Gasteiger charge is 2.27. The number of aliphatic carboxylic acids is 1. The van der Waals surface area contributed by atoms with E-state index in [-0.39, 0.29) is 36.7 Å². The minimum atomic E-state index is -1.02. The zero-order valence-corrected chi connectivity index (χ0v) is 20.1. The molecule has 1 aliphatic rings. The summed E-state index contributed by atoms with van der Waals surface area (Å²) in [5, 5.41) is 19.1. The molecule has 1 atom stereocenters. The van der Waals surface area contributed by atoms with Crippen molar-refractivity contribution in [2.45, 2.75) is 58.7 Å². The number of carboxylic acid groups (broad SMARTS) is 1. The summed E-state index contributed by atoms with van der Waals surface area (Å²) in [7, 11) is 0. The third-order valence-electron chi connectivity index (χ3n) is 5.25. The molecule has 0 radical (unpaired) electrons. The summed E-state index contributed by atoms with van der Waals surface area (Å²) < 4.78 is 10.4. The topological polar surface area (TPSA) is 146 Å². The summed E-state index contributed by atoms with van der Waals surface area (Å²) >= 11 is 0. The Labute approximate surface area is 199 Å². The number of alkyl carbamates (subject to hydrolysis) is 1. The van der Waals surface area contributed by atoms with Crippen molar-refractivity contribution in [3.8, 4) is 0 Å². The number of ether oxygens (including phenoxy) is 2. The van der Waals surface area contributed by atoms with Crippen LogP contribution in [0.15, 0.2) is 24.3 Å². The molecule has 2 rings (SSSR count). The van der Waals surface area contributed by atoms with Crippen molar-refractivity contribution < 1.29 is 33.8 Å². The molecule has 1 aliphatic heterocycles. The molecule has 34 heavy (non-hydrogen) atoms. The summed E-state index contributed by atoms with van der Waals surface area (Å²) in [6.07, 6.45) is 0.277. The fourth-order valence-corrected chi connectivity index (χ4v) is 3.51. The van der Waals surface area contributed by atoms with Gasteiger partial charge in [0.15, 0.2) is 5.78 Å². The molecule has 186 valence electrons. The fourth-order valence-electron chi connectivity index (χ4n) is 3.51. The van der Waals surface area contributed by atoms with E-state index in [1.54, 1.807) is 56.9 Å². The van der Waals surface area contributed by atoms with Gasteiger partial charge in [-0.25, -0.2) is 9.59 Å². The van der Waals surface area contributed by atoms with Crippen LogP contribution in [0.2, 0.25) is 0 Å². The fraction of sp³-hybridized carbons (Fsp3) is 0.542. The van der Waals surface area contributed by atoms with Gasteiger partial charge in [-0.15, -0.1) is 0 Å². The van der Waals surface area contributed by atoms with E-state index in [2.05, 4.69) is 5.32 Å². The molecule has 0 saturated carbocycles. The lowest BCUT2D eigenvalue weighted by Gasteiger charge is -2.32. The van der Waals surface area contributed by atoms with Gasteiger partial charge in [0, 0.05) is 36.6 Å². The first-order chi connectivity index (χ1) is 15.9. The molecule has 0 spiro atoms. The summed E-state index contributed by atoms with van der Waals surface area (Å²) in [6, 6.07) is 6.25. The third-order valence-corrected chi connectivity index (χ3v) is 5.25. The van der Waals surface area contributed by atoms with Crippen molar-refractivity contribution in [3.63, 3.8) is 0 Å². The Balaban J connectivity index is 1.85.